The number of aryl methyl sites for hydroxylation is 1. The predicted molar refractivity (Wildman–Crippen MR) is 109 cm³/mol. The lowest BCUT2D eigenvalue weighted by molar-refractivity contribution is 0.0691. The van der Waals surface area contributed by atoms with Gasteiger partial charge >= 0.3 is 5.97 Å². The van der Waals surface area contributed by atoms with Gasteiger partial charge in [0, 0.05) is 31.2 Å². The van der Waals surface area contributed by atoms with Gasteiger partial charge in [-0.25, -0.2) is 19.4 Å². The van der Waals surface area contributed by atoms with Crippen LogP contribution in [0.2, 0.25) is 0 Å². The summed E-state index contributed by atoms with van der Waals surface area (Å²) in [5.41, 5.74) is 3.26. The summed E-state index contributed by atoms with van der Waals surface area (Å²) < 4.78 is 1.96. The number of fused-ring (bicyclic) bond motifs is 1. The van der Waals surface area contributed by atoms with E-state index in [-0.39, 0.29) is 11.7 Å². The van der Waals surface area contributed by atoms with E-state index < -0.39 is 5.97 Å². The molecule has 1 aliphatic carbocycles. The summed E-state index contributed by atoms with van der Waals surface area (Å²) in [5, 5.41) is 15.3. The van der Waals surface area contributed by atoms with Crippen molar-refractivity contribution in [3.8, 4) is 11.1 Å². The van der Waals surface area contributed by atoms with Crippen molar-refractivity contribution in [1.82, 2.24) is 19.7 Å². The molecule has 7 nitrogen and oxygen atoms in total. The van der Waals surface area contributed by atoms with Crippen LogP contribution in [0.15, 0.2) is 24.4 Å². The molecule has 0 aromatic carbocycles. The molecule has 0 atom stereocenters. The van der Waals surface area contributed by atoms with Gasteiger partial charge in [-0.1, -0.05) is 19.3 Å². The lowest BCUT2D eigenvalue weighted by Crippen LogP contribution is -2.15. The van der Waals surface area contributed by atoms with Gasteiger partial charge in [0.2, 0.25) is 0 Å². The Balaban J connectivity index is 1.92. The minimum absolute atomic E-state index is 0.0381. The third-order valence-electron chi connectivity index (χ3n) is 5.49. The fourth-order valence-electron chi connectivity index (χ4n) is 4.04. The molecule has 0 aliphatic heterocycles. The molecule has 0 saturated heterocycles. The highest BCUT2D eigenvalue weighted by Crippen LogP contribution is 2.35. The van der Waals surface area contributed by atoms with Crippen molar-refractivity contribution in [2.24, 2.45) is 0 Å². The van der Waals surface area contributed by atoms with Crippen LogP contribution in [0.5, 0.6) is 0 Å². The number of carbonyl (C=O) groups is 1. The van der Waals surface area contributed by atoms with Crippen molar-refractivity contribution >= 4 is 22.8 Å². The van der Waals surface area contributed by atoms with Crippen LogP contribution >= 0.6 is 0 Å². The average molecular weight is 379 g/mol. The first kappa shape index (κ1) is 18.4. The number of rotatable bonds is 4. The molecule has 0 unspecified atom stereocenters. The molecule has 28 heavy (non-hydrogen) atoms. The first-order chi connectivity index (χ1) is 13.5. The van der Waals surface area contributed by atoms with Crippen LogP contribution in [0.4, 0.5) is 5.82 Å². The summed E-state index contributed by atoms with van der Waals surface area (Å²) >= 11 is 0. The van der Waals surface area contributed by atoms with E-state index >= 15 is 0 Å². The number of pyridine rings is 2. The van der Waals surface area contributed by atoms with E-state index in [0.29, 0.717) is 5.65 Å². The van der Waals surface area contributed by atoms with E-state index in [1.54, 1.807) is 12.3 Å². The van der Waals surface area contributed by atoms with Crippen LogP contribution in [0.1, 0.15) is 54.3 Å². The largest absolute Gasteiger partial charge is 0.477 e. The van der Waals surface area contributed by atoms with Crippen molar-refractivity contribution < 1.29 is 9.90 Å². The Kier molecular flexibility index (Phi) is 4.75. The molecule has 3 heterocycles. The monoisotopic (exact) mass is 379 g/mol. The van der Waals surface area contributed by atoms with Crippen molar-refractivity contribution in [3.63, 3.8) is 0 Å². The Bertz CT molecular complexity index is 1020. The molecular formula is C21H25N5O2. The molecule has 1 aliphatic rings. The van der Waals surface area contributed by atoms with Gasteiger partial charge in [0.1, 0.15) is 5.82 Å². The number of hydrogen-bond acceptors (Lipinski definition) is 5. The smallest absolute Gasteiger partial charge is 0.354 e. The highest BCUT2D eigenvalue weighted by molar-refractivity contribution is 5.99. The quantitative estimate of drug-likeness (QED) is 0.735. The first-order valence-electron chi connectivity index (χ1n) is 9.72. The van der Waals surface area contributed by atoms with E-state index in [9.17, 15) is 9.90 Å². The number of nitrogens with zero attached hydrogens (tertiary/aromatic N) is 5. The third-order valence-corrected chi connectivity index (χ3v) is 5.49. The van der Waals surface area contributed by atoms with Crippen molar-refractivity contribution in [2.75, 3.05) is 19.0 Å². The van der Waals surface area contributed by atoms with Gasteiger partial charge in [-0.3, -0.25) is 0 Å². The van der Waals surface area contributed by atoms with Crippen LogP contribution in [-0.4, -0.2) is 44.9 Å². The second-order valence-corrected chi connectivity index (χ2v) is 7.68. The minimum atomic E-state index is -1.03. The van der Waals surface area contributed by atoms with Gasteiger partial charge in [-0.05, 0) is 43.5 Å². The molecule has 0 amide bonds. The molecule has 7 heteroatoms. The maximum atomic E-state index is 11.8. The van der Waals surface area contributed by atoms with E-state index in [1.807, 2.05) is 42.7 Å². The highest BCUT2D eigenvalue weighted by Gasteiger charge is 2.24. The number of carboxylic acid groups (broad SMARTS) is 1. The molecule has 1 N–H and O–H groups in total. The zero-order valence-corrected chi connectivity index (χ0v) is 16.5. The zero-order chi connectivity index (χ0) is 19.8. The standard InChI is InChI=1S/C21H25N5O2/c1-13-19-16(14-9-10-18(22-12-14)25(2)3)11-17(21(27)28)23-20(19)26(24-13)15-7-5-4-6-8-15/h9-12,15H,4-8H2,1-3H3,(H,27,28). The van der Waals surface area contributed by atoms with Crippen molar-refractivity contribution in [2.45, 2.75) is 45.1 Å². The number of carboxylic acids is 1. The second kappa shape index (κ2) is 7.22. The Morgan fingerprint density at radius 1 is 1.21 bits per heavy atom. The van der Waals surface area contributed by atoms with Crippen molar-refractivity contribution in [1.29, 1.82) is 0 Å². The Morgan fingerprint density at radius 2 is 1.96 bits per heavy atom. The van der Waals surface area contributed by atoms with Gasteiger partial charge in [0.05, 0.1) is 11.7 Å². The molecule has 4 rings (SSSR count). The molecule has 3 aromatic heterocycles. The van der Waals surface area contributed by atoms with E-state index in [0.717, 1.165) is 40.9 Å². The van der Waals surface area contributed by atoms with Crippen LogP contribution in [-0.2, 0) is 0 Å². The maximum absolute atomic E-state index is 11.8. The Hall–Kier alpha value is -2.96. The van der Waals surface area contributed by atoms with E-state index in [2.05, 4.69) is 9.97 Å². The summed E-state index contributed by atoms with van der Waals surface area (Å²) in [5.74, 6) is -0.183. The summed E-state index contributed by atoms with van der Waals surface area (Å²) in [7, 11) is 3.88. The third kappa shape index (κ3) is 3.21. The highest BCUT2D eigenvalue weighted by atomic mass is 16.4. The number of hydrogen-bond donors (Lipinski definition) is 1. The topological polar surface area (TPSA) is 84.1 Å². The van der Waals surface area contributed by atoms with E-state index in [1.165, 1.54) is 19.3 Å². The molecule has 1 saturated carbocycles. The van der Waals surface area contributed by atoms with Crippen LogP contribution < -0.4 is 4.90 Å². The Morgan fingerprint density at radius 3 is 2.57 bits per heavy atom. The SMILES string of the molecule is Cc1nn(C2CCCCC2)c2nc(C(=O)O)cc(-c3ccc(N(C)C)nc3)c12. The Labute approximate surface area is 164 Å². The van der Waals surface area contributed by atoms with E-state index in [4.69, 9.17) is 5.10 Å². The second-order valence-electron chi connectivity index (χ2n) is 7.68. The minimum Gasteiger partial charge on any atom is -0.477 e. The number of anilines is 1. The van der Waals surface area contributed by atoms with Crippen LogP contribution in [0.25, 0.3) is 22.2 Å². The van der Waals surface area contributed by atoms with Gasteiger partial charge in [-0.15, -0.1) is 0 Å². The molecule has 0 radical (unpaired) electrons. The zero-order valence-electron chi connectivity index (χ0n) is 16.5. The van der Waals surface area contributed by atoms with Gasteiger partial charge in [-0.2, -0.15) is 5.10 Å². The number of aromatic carboxylic acids is 1. The summed E-state index contributed by atoms with van der Waals surface area (Å²) in [6.45, 7) is 1.97. The van der Waals surface area contributed by atoms with Gasteiger partial charge in [0.15, 0.2) is 11.3 Å². The molecule has 146 valence electrons. The lowest BCUT2D eigenvalue weighted by Gasteiger charge is -2.22. The number of aromatic nitrogens is 4. The fraction of sp³-hybridized carbons (Fsp3) is 0.429. The molecule has 0 spiro atoms. The molecule has 0 bridgehead atoms. The van der Waals surface area contributed by atoms with Crippen LogP contribution in [0, 0.1) is 6.92 Å². The van der Waals surface area contributed by atoms with Gasteiger partial charge in [0.25, 0.3) is 0 Å². The van der Waals surface area contributed by atoms with Gasteiger partial charge < -0.3 is 10.0 Å². The average Bonchev–Trinajstić information content (AvgIpc) is 3.05. The van der Waals surface area contributed by atoms with Crippen LogP contribution in [0.3, 0.4) is 0 Å². The summed E-state index contributed by atoms with van der Waals surface area (Å²) in [6, 6.07) is 5.82. The first-order valence-corrected chi connectivity index (χ1v) is 9.72. The maximum Gasteiger partial charge on any atom is 0.354 e. The molecule has 1 fully saturated rings. The predicted octanol–water partition coefficient (Wildman–Crippen LogP) is 4.07. The summed E-state index contributed by atoms with van der Waals surface area (Å²) in [6.07, 6.45) is 7.50. The van der Waals surface area contributed by atoms with Crippen molar-refractivity contribution in [3.05, 3.63) is 35.8 Å². The normalized spacial score (nSPS) is 15.1. The lowest BCUT2D eigenvalue weighted by atomic mass is 9.95. The summed E-state index contributed by atoms with van der Waals surface area (Å²) in [4.78, 5) is 22.7. The molecular weight excluding hydrogens is 354 g/mol. The fourth-order valence-corrected chi connectivity index (χ4v) is 4.04. The molecule has 3 aromatic rings.